The number of likely N-dealkylation sites (tertiary alicyclic amines) is 1. The number of rotatable bonds is 14. The van der Waals surface area contributed by atoms with Crippen LogP contribution in [0.4, 0.5) is 0 Å². The Kier molecular flexibility index (Phi) is 10.7. The fourth-order valence-electron chi connectivity index (χ4n) is 5.84. The number of amides is 1. The van der Waals surface area contributed by atoms with Crippen LogP contribution in [0.3, 0.4) is 0 Å². The van der Waals surface area contributed by atoms with Crippen LogP contribution in [0.5, 0.6) is 17.2 Å². The molecule has 1 unspecified atom stereocenters. The highest BCUT2D eigenvalue weighted by molar-refractivity contribution is 5.78. The van der Waals surface area contributed by atoms with E-state index in [0.717, 1.165) is 24.8 Å². The van der Waals surface area contributed by atoms with Crippen LogP contribution in [-0.2, 0) is 14.4 Å². The number of ether oxygens (including phenoxy) is 3. The number of carboxylic acid groups (broad SMARTS) is 1. The third-order valence-corrected chi connectivity index (χ3v) is 7.34. The highest BCUT2D eigenvalue weighted by atomic mass is 16.7. The number of aliphatic carboxylic acids is 1. The molecule has 39 heavy (non-hydrogen) atoms. The zero-order chi connectivity index (χ0) is 28.7. The minimum absolute atomic E-state index is 0.0883. The largest absolute Gasteiger partial charge is 0.493 e. The predicted octanol–water partition coefficient (Wildman–Crippen LogP) is 5.25. The summed E-state index contributed by atoms with van der Waals surface area (Å²) < 4.78 is 16.7. The standard InChI is InChI=1S/C30H46N2O7/c1-8-10-11-32(39-12-9-2)26(33)18-31-17-22(21-13-24(36-7)28-25(14-21)37-19-38-28)27(29(34)35)23(31)16-30(5,6)15-20(3)4/h13-15,22-23,27H,8-12,16-19H2,1-7H3,(H,34,35)/t22-,23+,27?/m1/s1. The summed E-state index contributed by atoms with van der Waals surface area (Å²) in [5.41, 5.74) is 1.71. The van der Waals surface area contributed by atoms with Crippen LogP contribution in [0.1, 0.15) is 78.7 Å². The normalized spacial score (nSPS) is 20.6. The van der Waals surface area contributed by atoms with Gasteiger partial charge < -0.3 is 19.3 Å². The van der Waals surface area contributed by atoms with Gasteiger partial charge in [-0.1, -0.05) is 45.8 Å². The van der Waals surface area contributed by atoms with Crippen molar-refractivity contribution in [2.45, 2.75) is 79.2 Å². The van der Waals surface area contributed by atoms with Crippen molar-refractivity contribution in [2.24, 2.45) is 11.3 Å². The fourth-order valence-corrected chi connectivity index (χ4v) is 5.84. The van der Waals surface area contributed by atoms with E-state index in [4.69, 9.17) is 19.0 Å². The van der Waals surface area contributed by atoms with E-state index in [-0.39, 0.29) is 36.6 Å². The molecule has 0 spiro atoms. The van der Waals surface area contributed by atoms with Gasteiger partial charge in [0.25, 0.3) is 5.91 Å². The van der Waals surface area contributed by atoms with E-state index >= 15 is 0 Å². The first-order chi connectivity index (χ1) is 18.5. The predicted molar refractivity (Wildman–Crippen MR) is 149 cm³/mol. The zero-order valence-corrected chi connectivity index (χ0v) is 24.6. The zero-order valence-electron chi connectivity index (χ0n) is 24.6. The number of carbonyl (C=O) groups is 2. The first-order valence-corrected chi connectivity index (χ1v) is 14.0. The molecule has 1 aromatic rings. The molecule has 9 nitrogen and oxygen atoms in total. The van der Waals surface area contributed by atoms with E-state index in [1.54, 1.807) is 7.11 Å². The van der Waals surface area contributed by atoms with E-state index in [2.05, 4.69) is 26.8 Å². The Hall–Kier alpha value is -2.78. The number of benzene rings is 1. The number of nitrogens with zero attached hydrogens (tertiary/aromatic N) is 2. The van der Waals surface area contributed by atoms with E-state index < -0.39 is 11.9 Å². The summed E-state index contributed by atoms with van der Waals surface area (Å²) in [6.07, 6.45) is 5.35. The molecule has 3 atom stereocenters. The minimum atomic E-state index is -0.880. The number of hydrogen-bond acceptors (Lipinski definition) is 7. The van der Waals surface area contributed by atoms with E-state index in [1.807, 2.05) is 37.8 Å². The number of hydroxylamine groups is 2. The second-order valence-corrected chi connectivity index (χ2v) is 11.5. The summed E-state index contributed by atoms with van der Waals surface area (Å²) in [6.45, 7) is 14.0. The summed E-state index contributed by atoms with van der Waals surface area (Å²) in [5.74, 6) is -0.536. The van der Waals surface area contributed by atoms with E-state index in [0.29, 0.717) is 43.4 Å². The van der Waals surface area contributed by atoms with Crippen LogP contribution in [0.25, 0.3) is 0 Å². The summed E-state index contributed by atoms with van der Waals surface area (Å²) in [5, 5.41) is 12.0. The van der Waals surface area contributed by atoms with Gasteiger partial charge in [0.05, 0.1) is 26.2 Å². The third kappa shape index (κ3) is 7.66. The van der Waals surface area contributed by atoms with E-state index in [9.17, 15) is 14.7 Å². The van der Waals surface area contributed by atoms with Crippen molar-refractivity contribution in [3.63, 3.8) is 0 Å². The van der Waals surface area contributed by atoms with Gasteiger partial charge in [-0.15, -0.1) is 0 Å². The van der Waals surface area contributed by atoms with Gasteiger partial charge in [-0.05, 0) is 56.2 Å². The maximum absolute atomic E-state index is 13.5. The molecule has 0 aromatic heterocycles. The maximum Gasteiger partial charge on any atom is 0.308 e. The van der Waals surface area contributed by atoms with Gasteiger partial charge in [-0.25, -0.2) is 5.06 Å². The fraction of sp³-hybridized carbons (Fsp3) is 0.667. The van der Waals surface area contributed by atoms with Gasteiger partial charge in [0, 0.05) is 25.0 Å². The van der Waals surface area contributed by atoms with Crippen LogP contribution in [0.15, 0.2) is 23.8 Å². The monoisotopic (exact) mass is 546 g/mol. The van der Waals surface area contributed by atoms with Gasteiger partial charge in [-0.2, -0.15) is 0 Å². The second kappa shape index (κ2) is 13.5. The summed E-state index contributed by atoms with van der Waals surface area (Å²) in [4.78, 5) is 34.3. The Bertz CT molecular complexity index is 1030. The number of carbonyl (C=O) groups excluding carboxylic acids is 1. The lowest BCUT2D eigenvalue weighted by molar-refractivity contribution is -0.188. The van der Waals surface area contributed by atoms with Gasteiger partial charge >= 0.3 is 5.97 Å². The van der Waals surface area contributed by atoms with Crippen molar-refractivity contribution in [1.29, 1.82) is 0 Å². The van der Waals surface area contributed by atoms with Crippen LogP contribution in [0, 0.1) is 11.3 Å². The number of carboxylic acids is 1. The number of hydrogen-bond donors (Lipinski definition) is 1. The average molecular weight is 547 g/mol. The Morgan fingerprint density at radius 2 is 1.95 bits per heavy atom. The molecule has 0 radical (unpaired) electrons. The first kappa shape index (κ1) is 30.8. The molecule has 2 aliphatic heterocycles. The van der Waals surface area contributed by atoms with Crippen molar-refractivity contribution < 1.29 is 33.7 Å². The summed E-state index contributed by atoms with van der Waals surface area (Å²) >= 11 is 0. The Morgan fingerprint density at radius 3 is 2.56 bits per heavy atom. The molecule has 218 valence electrons. The van der Waals surface area contributed by atoms with Crippen LogP contribution in [-0.4, -0.2) is 73.1 Å². The van der Waals surface area contributed by atoms with Crippen molar-refractivity contribution in [1.82, 2.24) is 9.96 Å². The van der Waals surface area contributed by atoms with Crippen LogP contribution in [0.2, 0.25) is 0 Å². The minimum Gasteiger partial charge on any atom is -0.493 e. The van der Waals surface area contributed by atoms with Crippen molar-refractivity contribution in [3.8, 4) is 17.2 Å². The second-order valence-electron chi connectivity index (χ2n) is 11.5. The number of fused-ring (bicyclic) bond motifs is 1. The summed E-state index contributed by atoms with van der Waals surface area (Å²) in [7, 11) is 1.56. The number of methoxy groups -OCH3 is 1. The Labute approximate surface area is 233 Å². The molecule has 1 fully saturated rings. The quantitative estimate of drug-likeness (QED) is 0.250. The van der Waals surface area contributed by atoms with Gasteiger partial charge in [-0.3, -0.25) is 19.3 Å². The van der Waals surface area contributed by atoms with E-state index in [1.165, 1.54) is 10.6 Å². The molecule has 1 saturated heterocycles. The Balaban J connectivity index is 1.99. The summed E-state index contributed by atoms with van der Waals surface area (Å²) in [6, 6.07) is 3.33. The molecule has 1 aromatic carbocycles. The highest BCUT2D eigenvalue weighted by Gasteiger charge is 2.49. The SMILES string of the molecule is CCCCN(OCCC)C(=O)CN1C[C@H](c2cc(OC)c3c(c2)OCO3)C(C(=O)O)[C@@H]1CC(C)(C)C=C(C)C. The van der Waals surface area contributed by atoms with Gasteiger partial charge in [0.2, 0.25) is 12.5 Å². The van der Waals surface area contributed by atoms with Gasteiger partial charge in [0.15, 0.2) is 11.5 Å². The topological polar surface area (TPSA) is 97.8 Å². The third-order valence-electron chi connectivity index (χ3n) is 7.34. The molecule has 0 saturated carbocycles. The molecule has 1 N–H and O–H groups in total. The average Bonchev–Trinajstić information content (AvgIpc) is 3.47. The van der Waals surface area contributed by atoms with Gasteiger partial charge in [0.1, 0.15) is 0 Å². The molecule has 3 rings (SSSR count). The van der Waals surface area contributed by atoms with Crippen molar-refractivity contribution in [2.75, 3.05) is 40.1 Å². The maximum atomic E-state index is 13.5. The molecular formula is C30H46N2O7. The molecule has 1 amide bonds. The lowest BCUT2D eigenvalue weighted by Crippen LogP contribution is -2.45. The Morgan fingerprint density at radius 1 is 1.21 bits per heavy atom. The first-order valence-electron chi connectivity index (χ1n) is 14.0. The van der Waals surface area contributed by atoms with Crippen LogP contribution < -0.4 is 14.2 Å². The molecule has 0 bridgehead atoms. The molecule has 0 aliphatic carbocycles. The molecular weight excluding hydrogens is 500 g/mol. The molecule has 9 heteroatoms. The molecule has 2 heterocycles. The van der Waals surface area contributed by atoms with Crippen molar-refractivity contribution in [3.05, 3.63) is 29.3 Å². The van der Waals surface area contributed by atoms with Crippen molar-refractivity contribution >= 4 is 11.9 Å². The number of unbranched alkanes of at least 4 members (excludes halogenated alkanes) is 1. The lowest BCUT2D eigenvalue weighted by Gasteiger charge is -2.34. The molecule has 2 aliphatic rings. The highest BCUT2D eigenvalue weighted by Crippen LogP contribution is 2.48. The number of allylic oxidation sites excluding steroid dienone is 2. The lowest BCUT2D eigenvalue weighted by atomic mass is 9.77. The smallest absolute Gasteiger partial charge is 0.308 e. The van der Waals surface area contributed by atoms with Crippen LogP contribution >= 0.6 is 0 Å².